The molecule has 0 fully saturated rings. The van der Waals surface area contributed by atoms with E-state index in [1.165, 1.54) is 0 Å². The van der Waals surface area contributed by atoms with Crippen molar-refractivity contribution in [3.05, 3.63) is 0 Å². The fourth-order valence-corrected chi connectivity index (χ4v) is 0.536. The van der Waals surface area contributed by atoms with Crippen LogP contribution in [0.15, 0.2) is 4.36 Å². The number of rotatable bonds is 0. The molecule has 0 saturated heterocycles. The highest BCUT2D eigenvalue weighted by atomic mass is 32.2. The molecular weight excluding hydrogens is 130 g/mol. The van der Waals surface area contributed by atoms with Gasteiger partial charge >= 0.3 is 6.03 Å². The zero-order valence-electron chi connectivity index (χ0n) is 4.33. The van der Waals surface area contributed by atoms with Gasteiger partial charge in [0.2, 0.25) is 0 Å². The van der Waals surface area contributed by atoms with Crippen molar-refractivity contribution >= 4 is 15.9 Å². The summed E-state index contributed by atoms with van der Waals surface area (Å²) in [5.74, 6) is 0. The maximum absolute atomic E-state index is 10.3. The molecule has 0 aliphatic carbocycles. The van der Waals surface area contributed by atoms with Crippen molar-refractivity contribution in [2.75, 3.05) is 6.26 Å². The van der Waals surface area contributed by atoms with E-state index in [1.807, 2.05) is 0 Å². The van der Waals surface area contributed by atoms with Crippen LogP contribution in [0.4, 0.5) is 4.79 Å². The first kappa shape index (κ1) is 7.38. The summed E-state index contributed by atoms with van der Waals surface area (Å²) >= 11 is 0. The van der Waals surface area contributed by atoms with Gasteiger partial charge in [-0.2, -0.15) is 0 Å². The first-order chi connectivity index (χ1) is 3.42. The van der Waals surface area contributed by atoms with E-state index < -0.39 is 15.9 Å². The van der Waals surface area contributed by atoms with Crippen LogP contribution in [0.5, 0.6) is 0 Å². The van der Waals surface area contributed by atoms with Gasteiger partial charge in [0.1, 0.15) is 9.92 Å². The highest BCUT2D eigenvalue weighted by molar-refractivity contribution is 7.90. The molecule has 8 heavy (non-hydrogen) atoms. The smallest absolute Gasteiger partial charge is 0.347 e. The lowest BCUT2D eigenvalue weighted by molar-refractivity contribution is 0.257. The molecule has 2 amide bonds. The minimum Gasteiger partial charge on any atom is -0.349 e. The van der Waals surface area contributed by atoms with Crippen molar-refractivity contribution in [1.82, 2.24) is 0 Å². The second-order valence-electron chi connectivity index (χ2n) is 1.29. The lowest BCUT2D eigenvalue weighted by Gasteiger charge is -1.87. The number of urea groups is 1. The lowest BCUT2D eigenvalue weighted by Crippen LogP contribution is -2.15. The molecule has 0 spiro atoms. The van der Waals surface area contributed by atoms with Crippen molar-refractivity contribution in [3.63, 3.8) is 0 Å². The van der Waals surface area contributed by atoms with Crippen molar-refractivity contribution in [3.8, 4) is 0 Å². The fraction of sp³-hybridized carbons (Fsp3) is 0.500. The summed E-state index contributed by atoms with van der Waals surface area (Å²) in [6.07, 6.45) is 1.12. The Morgan fingerprint density at radius 3 is 2.12 bits per heavy atom. The predicted molar refractivity (Wildman–Crippen MR) is 30.3 cm³/mol. The van der Waals surface area contributed by atoms with Crippen LogP contribution in [0.25, 0.3) is 0 Å². The van der Waals surface area contributed by atoms with Crippen LogP contribution in [0, 0.1) is 0 Å². The standard InChI is InChI=1S/C2H7N3O2S/c1-8(4,7)5-2(3)6/h1H3,(H4,3,4,5,6,7). The Bertz CT molecular complexity index is 193. The number of nitrogens with two attached hydrogens (primary N) is 2. The average molecular weight is 137 g/mol. The van der Waals surface area contributed by atoms with E-state index in [-0.39, 0.29) is 0 Å². The second kappa shape index (κ2) is 2.10. The Balaban J connectivity index is 4.44. The third kappa shape index (κ3) is 5.38. The van der Waals surface area contributed by atoms with Gasteiger partial charge in [0.05, 0.1) is 0 Å². The molecule has 0 aromatic carbocycles. The van der Waals surface area contributed by atoms with Gasteiger partial charge in [-0.15, -0.1) is 4.36 Å². The summed E-state index contributed by atoms with van der Waals surface area (Å²) in [4.78, 5) is 9.81. The molecule has 0 bridgehead atoms. The van der Waals surface area contributed by atoms with E-state index in [0.717, 1.165) is 6.26 Å². The Hall–Kier alpha value is -0.620. The van der Waals surface area contributed by atoms with Crippen LogP contribution in [0.2, 0.25) is 0 Å². The van der Waals surface area contributed by atoms with Gasteiger partial charge in [-0.1, -0.05) is 0 Å². The summed E-state index contributed by atoms with van der Waals surface area (Å²) in [5.41, 5.74) is 4.51. The number of amides is 2. The number of primary amides is 1. The number of nitrogens with zero attached hydrogens (tertiary/aromatic N) is 1. The van der Waals surface area contributed by atoms with Gasteiger partial charge in [0.15, 0.2) is 0 Å². The number of carbonyl (C=O) groups excluding carboxylic acids is 1. The summed E-state index contributed by atoms with van der Waals surface area (Å²) in [6.45, 7) is 0. The largest absolute Gasteiger partial charge is 0.349 e. The van der Waals surface area contributed by atoms with Gasteiger partial charge in [0, 0.05) is 6.26 Å². The fourth-order valence-electron chi connectivity index (χ4n) is 0.179. The number of carbonyl (C=O) groups is 1. The van der Waals surface area contributed by atoms with E-state index in [1.54, 1.807) is 0 Å². The summed E-state index contributed by atoms with van der Waals surface area (Å²) in [5, 5.41) is 4.80. The minimum atomic E-state index is -2.82. The van der Waals surface area contributed by atoms with Crippen LogP contribution in [-0.2, 0) is 9.92 Å². The Labute approximate surface area is 47.4 Å². The molecule has 0 radical (unpaired) electrons. The number of hydrogen-bond donors (Lipinski definition) is 2. The third-order valence-corrected chi connectivity index (χ3v) is 0.814. The van der Waals surface area contributed by atoms with Crippen LogP contribution < -0.4 is 10.9 Å². The van der Waals surface area contributed by atoms with Crippen LogP contribution >= 0.6 is 0 Å². The molecular formula is C2H7N3O2S. The monoisotopic (exact) mass is 137 g/mol. The normalized spacial score (nSPS) is 16.8. The highest BCUT2D eigenvalue weighted by Crippen LogP contribution is 1.75. The lowest BCUT2D eigenvalue weighted by atomic mass is 11.2. The highest BCUT2D eigenvalue weighted by Gasteiger charge is 1.91. The molecule has 0 rings (SSSR count). The number of hydrogen-bond acceptors (Lipinski definition) is 2. The van der Waals surface area contributed by atoms with E-state index in [0.29, 0.717) is 0 Å². The van der Waals surface area contributed by atoms with E-state index in [9.17, 15) is 9.00 Å². The quantitative estimate of drug-likeness (QED) is 0.449. The molecule has 5 nitrogen and oxygen atoms in total. The zero-order valence-corrected chi connectivity index (χ0v) is 5.14. The first-order valence-electron chi connectivity index (χ1n) is 1.71. The summed E-state index contributed by atoms with van der Waals surface area (Å²) in [6, 6.07) is -1.000. The van der Waals surface area contributed by atoms with Crippen LogP contribution in [-0.4, -0.2) is 16.5 Å². The van der Waals surface area contributed by atoms with E-state index >= 15 is 0 Å². The molecule has 48 valence electrons. The summed E-state index contributed by atoms with van der Waals surface area (Å²) < 4.78 is 13.2. The molecule has 0 aromatic rings. The maximum atomic E-state index is 10.3. The van der Waals surface area contributed by atoms with Gasteiger partial charge in [-0.25, -0.2) is 14.1 Å². The molecule has 4 N–H and O–H groups in total. The first-order valence-corrected chi connectivity index (χ1v) is 3.70. The van der Waals surface area contributed by atoms with Crippen molar-refractivity contribution in [2.45, 2.75) is 0 Å². The third-order valence-electron chi connectivity index (χ3n) is 0.271. The Kier molecular flexibility index (Phi) is 1.94. The summed E-state index contributed by atoms with van der Waals surface area (Å²) in [7, 11) is -2.82. The molecule has 6 heteroatoms. The Morgan fingerprint density at radius 1 is 1.75 bits per heavy atom. The Morgan fingerprint density at radius 2 is 2.12 bits per heavy atom. The van der Waals surface area contributed by atoms with Gasteiger partial charge in [-0.05, 0) is 0 Å². The van der Waals surface area contributed by atoms with Gasteiger partial charge in [0.25, 0.3) is 0 Å². The van der Waals surface area contributed by atoms with Crippen molar-refractivity contribution in [1.29, 1.82) is 0 Å². The SMILES string of the molecule is CS(N)(=O)=NC(N)=O. The molecule has 0 aliphatic rings. The molecule has 0 aliphatic heterocycles. The van der Waals surface area contributed by atoms with Gasteiger partial charge in [-0.3, -0.25) is 0 Å². The molecule has 1 atom stereocenters. The van der Waals surface area contributed by atoms with Crippen molar-refractivity contribution in [2.24, 2.45) is 15.2 Å². The van der Waals surface area contributed by atoms with Crippen LogP contribution in [0.1, 0.15) is 0 Å². The van der Waals surface area contributed by atoms with Crippen LogP contribution in [0.3, 0.4) is 0 Å². The molecule has 0 heterocycles. The topological polar surface area (TPSA) is 98.5 Å². The van der Waals surface area contributed by atoms with E-state index in [4.69, 9.17) is 5.14 Å². The van der Waals surface area contributed by atoms with Crippen molar-refractivity contribution < 1.29 is 9.00 Å². The zero-order chi connectivity index (χ0) is 6.78. The second-order valence-corrected chi connectivity index (χ2v) is 3.20. The average Bonchev–Trinajstić information content (AvgIpc) is 1.21. The predicted octanol–water partition coefficient (Wildman–Crippen LogP) is -0.963. The minimum absolute atomic E-state index is 1.000. The maximum Gasteiger partial charge on any atom is 0.347 e. The molecule has 1 unspecified atom stereocenters. The molecule has 0 saturated carbocycles. The molecule has 0 aromatic heterocycles. The van der Waals surface area contributed by atoms with E-state index in [2.05, 4.69) is 10.1 Å². The van der Waals surface area contributed by atoms with Gasteiger partial charge < -0.3 is 5.73 Å².